The van der Waals surface area contributed by atoms with Crippen LogP contribution in [-0.4, -0.2) is 18.4 Å². The van der Waals surface area contributed by atoms with Crippen LogP contribution in [0.4, 0.5) is 5.69 Å². The molecule has 0 aromatic heterocycles. The van der Waals surface area contributed by atoms with Crippen molar-refractivity contribution >= 4 is 5.69 Å². The first-order valence-corrected chi connectivity index (χ1v) is 4.55. The molecule has 0 bridgehead atoms. The van der Waals surface area contributed by atoms with Crippen molar-refractivity contribution in [2.75, 3.05) is 11.9 Å². The highest BCUT2D eigenvalue weighted by atomic mass is 16.3. The van der Waals surface area contributed by atoms with Gasteiger partial charge in [0.05, 0.1) is 0 Å². The summed E-state index contributed by atoms with van der Waals surface area (Å²) < 4.78 is 0. The van der Waals surface area contributed by atoms with Crippen molar-refractivity contribution in [1.82, 2.24) is 0 Å². The zero-order chi connectivity index (χ0) is 9.64. The molecule has 1 aromatic carbocycles. The minimum absolute atomic E-state index is 0.161. The number of aliphatic hydroxyl groups excluding tert-OH is 1. The van der Waals surface area contributed by atoms with Crippen molar-refractivity contribution < 1.29 is 5.11 Å². The molecule has 1 aliphatic heterocycles. The van der Waals surface area contributed by atoms with E-state index in [0.717, 1.165) is 5.69 Å². The van der Waals surface area contributed by atoms with E-state index in [2.05, 4.69) is 19.9 Å². The third-order valence-corrected chi connectivity index (χ3v) is 2.99. The van der Waals surface area contributed by atoms with E-state index in [-0.39, 0.29) is 5.41 Å². The second kappa shape index (κ2) is 2.48. The number of nitrogens with zero attached hydrogens (tertiary/aromatic N) is 1. The third-order valence-electron chi connectivity index (χ3n) is 2.99. The Kier molecular flexibility index (Phi) is 1.64. The third kappa shape index (κ3) is 0.985. The summed E-state index contributed by atoms with van der Waals surface area (Å²) in [6.07, 6.45) is -0.412. The van der Waals surface area contributed by atoms with Gasteiger partial charge in [-0.15, -0.1) is 0 Å². The normalized spacial score (nSPS) is 24.6. The maximum atomic E-state index is 9.97. The molecule has 2 rings (SSSR count). The number of anilines is 1. The van der Waals surface area contributed by atoms with Gasteiger partial charge in [0.2, 0.25) is 0 Å². The second-order valence-electron chi connectivity index (χ2n) is 4.22. The summed E-state index contributed by atoms with van der Waals surface area (Å²) in [7, 11) is 1.93. The van der Waals surface area contributed by atoms with Crippen LogP contribution in [0.5, 0.6) is 0 Å². The minimum atomic E-state index is -0.412. The molecule has 0 aliphatic carbocycles. The molecule has 0 saturated carbocycles. The fraction of sp³-hybridized carbons (Fsp3) is 0.455. The number of likely N-dealkylation sites (N-methyl/N-ethyl adjacent to an activating group) is 1. The van der Waals surface area contributed by atoms with E-state index in [1.54, 1.807) is 0 Å². The minimum Gasteiger partial charge on any atom is -0.373 e. The summed E-state index contributed by atoms with van der Waals surface area (Å²) >= 11 is 0. The highest BCUT2D eigenvalue weighted by Crippen LogP contribution is 2.42. The van der Waals surface area contributed by atoms with Crippen LogP contribution < -0.4 is 4.90 Å². The highest BCUT2D eigenvalue weighted by molar-refractivity contribution is 5.62. The summed E-state index contributed by atoms with van der Waals surface area (Å²) in [4.78, 5) is 1.93. The number of aliphatic hydroxyl groups is 1. The van der Waals surface area contributed by atoms with Gasteiger partial charge in [0.1, 0.15) is 6.23 Å². The first kappa shape index (κ1) is 8.57. The molecule has 1 heterocycles. The average molecular weight is 177 g/mol. The van der Waals surface area contributed by atoms with Crippen LogP contribution in [0.3, 0.4) is 0 Å². The first-order chi connectivity index (χ1) is 6.05. The first-order valence-electron chi connectivity index (χ1n) is 4.55. The molecular weight excluding hydrogens is 162 g/mol. The number of benzene rings is 1. The van der Waals surface area contributed by atoms with Gasteiger partial charge in [-0.1, -0.05) is 32.0 Å². The maximum Gasteiger partial charge on any atom is 0.135 e. The Labute approximate surface area is 78.8 Å². The van der Waals surface area contributed by atoms with E-state index >= 15 is 0 Å². The van der Waals surface area contributed by atoms with Crippen LogP contribution in [0.25, 0.3) is 0 Å². The van der Waals surface area contributed by atoms with Gasteiger partial charge in [-0.05, 0) is 11.6 Å². The molecule has 1 aromatic rings. The lowest BCUT2D eigenvalue weighted by atomic mass is 9.85. The van der Waals surface area contributed by atoms with Crippen LogP contribution in [-0.2, 0) is 5.41 Å². The SMILES string of the molecule is CN1c2ccccc2C(C)(C)C1O. The monoisotopic (exact) mass is 177 g/mol. The Hall–Kier alpha value is -1.02. The van der Waals surface area contributed by atoms with Crippen molar-refractivity contribution in [1.29, 1.82) is 0 Å². The lowest BCUT2D eigenvalue weighted by Crippen LogP contribution is -2.38. The van der Waals surface area contributed by atoms with E-state index < -0.39 is 6.23 Å². The van der Waals surface area contributed by atoms with E-state index in [1.165, 1.54) is 5.56 Å². The van der Waals surface area contributed by atoms with Crippen LogP contribution in [0, 0.1) is 0 Å². The zero-order valence-corrected chi connectivity index (χ0v) is 8.28. The van der Waals surface area contributed by atoms with Gasteiger partial charge in [0.15, 0.2) is 0 Å². The highest BCUT2D eigenvalue weighted by Gasteiger charge is 2.41. The molecule has 0 saturated heterocycles. The second-order valence-corrected chi connectivity index (χ2v) is 4.22. The quantitative estimate of drug-likeness (QED) is 0.652. The number of hydrogen-bond donors (Lipinski definition) is 1. The van der Waals surface area contributed by atoms with Gasteiger partial charge >= 0.3 is 0 Å². The molecule has 1 aliphatic rings. The zero-order valence-electron chi connectivity index (χ0n) is 8.28. The number of fused-ring (bicyclic) bond motifs is 1. The predicted molar refractivity (Wildman–Crippen MR) is 53.9 cm³/mol. The van der Waals surface area contributed by atoms with Crippen LogP contribution in [0.2, 0.25) is 0 Å². The molecule has 0 amide bonds. The van der Waals surface area contributed by atoms with Gasteiger partial charge in [0, 0.05) is 18.2 Å². The predicted octanol–water partition coefficient (Wildman–Crippen LogP) is 1.73. The molecular formula is C11H15NO. The van der Waals surface area contributed by atoms with Crippen LogP contribution >= 0.6 is 0 Å². The van der Waals surface area contributed by atoms with Crippen molar-refractivity contribution in [3.05, 3.63) is 29.8 Å². The lowest BCUT2D eigenvalue weighted by molar-refractivity contribution is 0.114. The molecule has 1 unspecified atom stereocenters. The van der Waals surface area contributed by atoms with Crippen molar-refractivity contribution in [2.45, 2.75) is 25.5 Å². The Morgan fingerprint density at radius 3 is 2.54 bits per heavy atom. The van der Waals surface area contributed by atoms with Crippen molar-refractivity contribution in [3.8, 4) is 0 Å². The largest absolute Gasteiger partial charge is 0.373 e. The molecule has 70 valence electrons. The molecule has 0 spiro atoms. The van der Waals surface area contributed by atoms with Gasteiger partial charge in [-0.3, -0.25) is 0 Å². The van der Waals surface area contributed by atoms with E-state index in [4.69, 9.17) is 0 Å². The molecule has 2 heteroatoms. The molecule has 13 heavy (non-hydrogen) atoms. The van der Waals surface area contributed by atoms with Crippen LogP contribution in [0.15, 0.2) is 24.3 Å². The molecule has 1 atom stereocenters. The average Bonchev–Trinajstić information content (AvgIpc) is 2.30. The van der Waals surface area contributed by atoms with Gasteiger partial charge < -0.3 is 10.0 Å². The van der Waals surface area contributed by atoms with Gasteiger partial charge in [-0.25, -0.2) is 0 Å². The fourth-order valence-electron chi connectivity index (χ4n) is 2.08. The molecule has 2 nitrogen and oxygen atoms in total. The Balaban J connectivity index is 2.61. The number of para-hydroxylation sites is 1. The molecule has 0 radical (unpaired) electrons. The summed E-state index contributed by atoms with van der Waals surface area (Å²) in [5.74, 6) is 0. The van der Waals surface area contributed by atoms with E-state index in [1.807, 2.05) is 30.1 Å². The topological polar surface area (TPSA) is 23.5 Å². The van der Waals surface area contributed by atoms with E-state index in [9.17, 15) is 5.11 Å². The number of rotatable bonds is 0. The maximum absolute atomic E-state index is 9.97. The smallest absolute Gasteiger partial charge is 0.135 e. The fourth-order valence-corrected chi connectivity index (χ4v) is 2.08. The van der Waals surface area contributed by atoms with Crippen molar-refractivity contribution in [2.24, 2.45) is 0 Å². The Bertz CT molecular complexity index is 333. The van der Waals surface area contributed by atoms with E-state index in [0.29, 0.717) is 0 Å². The summed E-state index contributed by atoms with van der Waals surface area (Å²) in [5, 5.41) is 9.97. The lowest BCUT2D eigenvalue weighted by Gasteiger charge is -2.26. The van der Waals surface area contributed by atoms with Crippen LogP contribution in [0.1, 0.15) is 19.4 Å². The summed E-state index contributed by atoms with van der Waals surface area (Å²) in [6, 6.07) is 8.16. The summed E-state index contributed by atoms with van der Waals surface area (Å²) in [5.41, 5.74) is 2.20. The van der Waals surface area contributed by atoms with Gasteiger partial charge in [-0.2, -0.15) is 0 Å². The number of hydrogen-bond acceptors (Lipinski definition) is 2. The molecule has 0 fully saturated rings. The Morgan fingerprint density at radius 2 is 1.92 bits per heavy atom. The molecule has 1 N–H and O–H groups in total. The standard InChI is InChI=1S/C11H15NO/c1-11(2)8-6-4-5-7-9(8)12(3)10(11)13/h4-7,10,13H,1-3H3. The summed E-state index contributed by atoms with van der Waals surface area (Å²) in [6.45, 7) is 4.14. The van der Waals surface area contributed by atoms with Crippen molar-refractivity contribution in [3.63, 3.8) is 0 Å². The van der Waals surface area contributed by atoms with Gasteiger partial charge in [0.25, 0.3) is 0 Å². The Morgan fingerprint density at radius 1 is 1.31 bits per heavy atom.